The first-order valence-corrected chi connectivity index (χ1v) is 8.73. The number of hydrogen-bond acceptors (Lipinski definition) is 2. The van der Waals surface area contributed by atoms with Crippen molar-refractivity contribution < 1.29 is 0 Å². The maximum absolute atomic E-state index is 3.74. The Hall–Kier alpha value is -0.0800. The fraction of sp³-hybridized carbons (Fsp3) is 1.00. The first-order chi connectivity index (χ1) is 9.29. The molecule has 2 aliphatic rings. The zero-order valence-electron chi connectivity index (χ0n) is 13.1. The molecule has 0 aromatic heterocycles. The molecule has 2 N–H and O–H groups in total. The molecule has 0 amide bonds. The number of fused-ring (bicyclic) bond motifs is 1. The third kappa shape index (κ3) is 5.07. The Morgan fingerprint density at radius 1 is 1.05 bits per heavy atom. The predicted octanol–water partition coefficient (Wildman–Crippen LogP) is 3.57. The summed E-state index contributed by atoms with van der Waals surface area (Å²) in [5.74, 6) is 3.12. The van der Waals surface area contributed by atoms with Crippen LogP contribution in [0.1, 0.15) is 65.2 Å². The summed E-state index contributed by atoms with van der Waals surface area (Å²) in [6, 6.07) is 0.621. The predicted molar refractivity (Wildman–Crippen MR) is 83.4 cm³/mol. The maximum atomic E-state index is 3.74. The highest BCUT2D eigenvalue weighted by molar-refractivity contribution is 4.84. The first kappa shape index (κ1) is 15.3. The lowest BCUT2D eigenvalue weighted by atomic mass is 9.67. The average Bonchev–Trinajstić information content (AvgIpc) is 2.45. The van der Waals surface area contributed by atoms with Gasteiger partial charge in [-0.05, 0) is 63.5 Å². The fourth-order valence-corrected chi connectivity index (χ4v) is 4.09. The van der Waals surface area contributed by atoms with Gasteiger partial charge in [0.1, 0.15) is 0 Å². The van der Waals surface area contributed by atoms with Gasteiger partial charge in [0.05, 0.1) is 0 Å². The van der Waals surface area contributed by atoms with Crippen molar-refractivity contribution in [1.82, 2.24) is 10.6 Å². The smallest absolute Gasteiger partial charge is 0.0164 e. The van der Waals surface area contributed by atoms with E-state index in [1.54, 1.807) is 0 Å². The monoisotopic (exact) mass is 266 g/mol. The zero-order chi connectivity index (χ0) is 13.5. The van der Waals surface area contributed by atoms with Crippen LogP contribution in [-0.4, -0.2) is 25.7 Å². The molecule has 0 bridgehead atoms. The van der Waals surface area contributed by atoms with E-state index in [-0.39, 0.29) is 0 Å². The van der Waals surface area contributed by atoms with Crippen LogP contribution in [0.25, 0.3) is 0 Å². The minimum absolute atomic E-state index is 0.621. The molecule has 2 fully saturated rings. The maximum Gasteiger partial charge on any atom is 0.0164 e. The summed E-state index contributed by atoms with van der Waals surface area (Å²) < 4.78 is 0. The lowest BCUT2D eigenvalue weighted by molar-refractivity contribution is 0.127. The third-order valence-corrected chi connectivity index (χ3v) is 5.28. The van der Waals surface area contributed by atoms with Crippen molar-refractivity contribution in [2.75, 3.05) is 19.6 Å². The molecule has 0 aliphatic heterocycles. The molecule has 0 heterocycles. The van der Waals surface area contributed by atoms with Gasteiger partial charge in [0.2, 0.25) is 0 Å². The molecule has 19 heavy (non-hydrogen) atoms. The number of rotatable bonds is 7. The van der Waals surface area contributed by atoms with Crippen LogP contribution in [0.15, 0.2) is 0 Å². The van der Waals surface area contributed by atoms with E-state index in [0.29, 0.717) is 6.04 Å². The Balaban J connectivity index is 1.61. The number of hydrogen-bond donors (Lipinski definition) is 2. The second-order valence-electron chi connectivity index (χ2n) is 7.00. The summed E-state index contributed by atoms with van der Waals surface area (Å²) in [5.41, 5.74) is 0. The van der Waals surface area contributed by atoms with E-state index in [1.807, 2.05) is 0 Å². The van der Waals surface area contributed by atoms with Crippen LogP contribution in [0.2, 0.25) is 0 Å². The first-order valence-electron chi connectivity index (χ1n) is 8.73. The highest BCUT2D eigenvalue weighted by Crippen LogP contribution is 2.42. The van der Waals surface area contributed by atoms with Gasteiger partial charge in [0.25, 0.3) is 0 Å². The van der Waals surface area contributed by atoms with Crippen LogP contribution in [0.5, 0.6) is 0 Å². The van der Waals surface area contributed by atoms with Crippen LogP contribution in [0, 0.1) is 17.8 Å². The van der Waals surface area contributed by atoms with Crippen molar-refractivity contribution in [2.24, 2.45) is 17.8 Å². The van der Waals surface area contributed by atoms with Crippen LogP contribution in [0.3, 0.4) is 0 Å². The van der Waals surface area contributed by atoms with Crippen LogP contribution in [0.4, 0.5) is 0 Å². The second kappa shape index (κ2) is 8.26. The van der Waals surface area contributed by atoms with Gasteiger partial charge in [0.15, 0.2) is 0 Å². The molecule has 4 unspecified atom stereocenters. The minimum atomic E-state index is 0.621. The van der Waals surface area contributed by atoms with E-state index in [2.05, 4.69) is 24.5 Å². The fourth-order valence-electron chi connectivity index (χ4n) is 4.09. The molecular weight excluding hydrogens is 232 g/mol. The summed E-state index contributed by atoms with van der Waals surface area (Å²) in [6.07, 6.45) is 11.8. The number of nitrogens with one attached hydrogen (secondary N) is 2. The van der Waals surface area contributed by atoms with Crippen molar-refractivity contribution in [3.05, 3.63) is 0 Å². The highest BCUT2D eigenvalue weighted by Gasteiger charge is 2.31. The van der Waals surface area contributed by atoms with Gasteiger partial charge >= 0.3 is 0 Å². The molecule has 2 rings (SSSR count). The normalized spacial score (nSPS) is 32.8. The molecule has 4 atom stereocenters. The Morgan fingerprint density at radius 3 is 2.63 bits per heavy atom. The second-order valence-corrected chi connectivity index (χ2v) is 7.00. The Kier molecular flexibility index (Phi) is 6.66. The van der Waals surface area contributed by atoms with Gasteiger partial charge in [-0.15, -0.1) is 0 Å². The van der Waals surface area contributed by atoms with Gasteiger partial charge in [-0.3, -0.25) is 0 Å². The standard InChI is InChI=1S/C17H34N2/c1-3-10-18-12-14(2)19-13-15-8-9-16-6-4-5-7-17(16)11-15/h14-19H,3-13H2,1-2H3. The van der Waals surface area contributed by atoms with Crippen molar-refractivity contribution in [3.63, 3.8) is 0 Å². The lowest BCUT2D eigenvalue weighted by Crippen LogP contribution is -2.40. The zero-order valence-corrected chi connectivity index (χ0v) is 13.1. The van der Waals surface area contributed by atoms with Gasteiger partial charge < -0.3 is 10.6 Å². The van der Waals surface area contributed by atoms with E-state index >= 15 is 0 Å². The Bertz CT molecular complexity index is 241. The van der Waals surface area contributed by atoms with E-state index < -0.39 is 0 Å². The molecule has 2 nitrogen and oxygen atoms in total. The topological polar surface area (TPSA) is 24.1 Å². The molecule has 2 saturated carbocycles. The molecule has 0 aromatic rings. The Labute approximate surface area is 120 Å². The van der Waals surface area contributed by atoms with E-state index in [9.17, 15) is 0 Å². The molecule has 2 heteroatoms. The molecule has 0 saturated heterocycles. The van der Waals surface area contributed by atoms with Gasteiger partial charge in [-0.2, -0.15) is 0 Å². The quantitative estimate of drug-likeness (QED) is 0.688. The molecule has 0 aromatic carbocycles. The SMILES string of the molecule is CCCNCC(C)NCC1CCC2CCCCC2C1. The van der Waals surface area contributed by atoms with Gasteiger partial charge in [-0.25, -0.2) is 0 Å². The van der Waals surface area contributed by atoms with Crippen LogP contribution >= 0.6 is 0 Å². The largest absolute Gasteiger partial charge is 0.315 e. The van der Waals surface area contributed by atoms with Crippen molar-refractivity contribution in [2.45, 2.75) is 71.3 Å². The van der Waals surface area contributed by atoms with Crippen LogP contribution < -0.4 is 10.6 Å². The van der Waals surface area contributed by atoms with Gasteiger partial charge in [0, 0.05) is 12.6 Å². The molecular formula is C17H34N2. The lowest BCUT2D eigenvalue weighted by Gasteiger charge is -2.39. The summed E-state index contributed by atoms with van der Waals surface area (Å²) in [5, 5.41) is 7.25. The molecule has 0 spiro atoms. The summed E-state index contributed by atoms with van der Waals surface area (Å²) in [4.78, 5) is 0. The average molecular weight is 266 g/mol. The summed E-state index contributed by atoms with van der Waals surface area (Å²) >= 11 is 0. The van der Waals surface area contributed by atoms with Crippen LogP contribution in [-0.2, 0) is 0 Å². The Morgan fingerprint density at radius 2 is 1.84 bits per heavy atom. The van der Waals surface area contributed by atoms with E-state index in [0.717, 1.165) is 30.8 Å². The highest BCUT2D eigenvalue weighted by atomic mass is 15.0. The van der Waals surface area contributed by atoms with Crippen molar-refractivity contribution in [3.8, 4) is 0 Å². The van der Waals surface area contributed by atoms with E-state index in [1.165, 1.54) is 57.9 Å². The molecule has 0 radical (unpaired) electrons. The molecule has 2 aliphatic carbocycles. The summed E-state index contributed by atoms with van der Waals surface area (Å²) in [6.45, 7) is 8.06. The molecule has 112 valence electrons. The van der Waals surface area contributed by atoms with Crippen molar-refractivity contribution in [1.29, 1.82) is 0 Å². The van der Waals surface area contributed by atoms with Gasteiger partial charge in [-0.1, -0.05) is 32.6 Å². The van der Waals surface area contributed by atoms with E-state index in [4.69, 9.17) is 0 Å². The summed E-state index contributed by atoms with van der Waals surface area (Å²) in [7, 11) is 0. The van der Waals surface area contributed by atoms with Crippen molar-refractivity contribution >= 4 is 0 Å². The minimum Gasteiger partial charge on any atom is -0.315 e. The third-order valence-electron chi connectivity index (χ3n) is 5.28.